The number of nitrogens with zero attached hydrogens (tertiary/aromatic N) is 2. The maximum Gasteiger partial charge on any atom is 0.162 e. The number of hydrogen-bond donors (Lipinski definition) is 1. The van der Waals surface area contributed by atoms with Gasteiger partial charge in [0.1, 0.15) is 6.07 Å². The molecule has 3 nitrogen and oxygen atoms in total. The Hall–Kier alpha value is -2.06. The first-order valence-corrected chi connectivity index (χ1v) is 6.74. The van der Waals surface area contributed by atoms with Gasteiger partial charge in [-0.3, -0.25) is 0 Å². The normalized spacial score (nSPS) is 9.95. The molecule has 0 aliphatic rings. The number of nitriles is 1. The summed E-state index contributed by atoms with van der Waals surface area (Å²) < 4.78 is 14.3. The second-order valence-electron chi connectivity index (χ2n) is 4.47. The van der Waals surface area contributed by atoms with Crippen LogP contribution in [0, 0.1) is 17.1 Å². The van der Waals surface area contributed by atoms with E-state index in [1.807, 2.05) is 49.3 Å². The minimum absolute atomic E-state index is 0.175. The molecular weight excluding hydrogens is 321 g/mol. The van der Waals surface area contributed by atoms with Crippen molar-refractivity contribution in [2.24, 2.45) is 0 Å². The molecule has 2 aromatic rings. The lowest BCUT2D eigenvalue weighted by Crippen LogP contribution is -2.08. The van der Waals surface area contributed by atoms with Crippen molar-refractivity contribution in [3.8, 4) is 6.07 Å². The van der Waals surface area contributed by atoms with E-state index in [0.717, 1.165) is 11.4 Å². The molecule has 2 aromatic carbocycles. The van der Waals surface area contributed by atoms with Crippen molar-refractivity contribution in [2.45, 2.75) is 0 Å². The Morgan fingerprint density at radius 1 is 1.25 bits per heavy atom. The van der Waals surface area contributed by atoms with Gasteiger partial charge < -0.3 is 10.2 Å². The van der Waals surface area contributed by atoms with Crippen molar-refractivity contribution in [3.63, 3.8) is 0 Å². The molecule has 0 saturated carbocycles. The van der Waals surface area contributed by atoms with Crippen molar-refractivity contribution < 1.29 is 4.39 Å². The smallest absolute Gasteiger partial charge is 0.162 e. The molecule has 0 heterocycles. The van der Waals surface area contributed by atoms with E-state index in [1.165, 1.54) is 0 Å². The Labute approximate surface area is 125 Å². The molecule has 0 aliphatic carbocycles. The van der Waals surface area contributed by atoms with Crippen LogP contribution in [0.3, 0.4) is 0 Å². The lowest BCUT2D eigenvalue weighted by atomic mass is 10.2. The Balaban J connectivity index is 2.34. The summed E-state index contributed by atoms with van der Waals surface area (Å²) in [7, 11) is 3.88. The molecule has 0 amide bonds. The van der Waals surface area contributed by atoms with Gasteiger partial charge in [0.05, 0.1) is 15.7 Å². The minimum Gasteiger partial charge on any atom is -0.378 e. The van der Waals surface area contributed by atoms with Crippen molar-refractivity contribution in [3.05, 3.63) is 52.3 Å². The number of benzene rings is 2. The molecule has 2 rings (SSSR count). The van der Waals surface area contributed by atoms with E-state index in [0.29, 0.717) is 5.69 Å². The molecule has 0 spiro atoms. The summed E-state index contributed by atoms with van der Waals surface area (Å²) in [5, 5.41) is 11.9. The van der Waals surface area contributed by atoms with Crippen molar-refractivity contribution >= 4 is 33.0 Å². The van der Waals surface area contributed by atoms with E-state index in [9.17, 15) is 4.39 Å². The van der Waals surface area contributed by atoms with Gasteiger partial charge in [-0.25, -0.2) is 4.39 Å². The van der Waals surface area contributed by atoms with E-state index >= 15 is 0 Å². The third-order valence-electron chi connectivity index (χ3n) is 2.84. The van der Waals surface area contributed by atoms with Gasteiger partial charge in [0.2, 0.25) is 0 Å². The van der Waals surface area contributed by atoms with Gasteiger partial charge in [-0.15, -0.1) is 0 Å². The maximum atomic E-state index is 14.1. The molecular formula is C15H13BrFN3. The fourth-order valence-electron chi connectivity index (χ4n) is 1.75. The number of nitrogens with one attached hydrogen (secondary N) is 1. The molecule has 0 unspecified atom stereocenters. The lowest BCUT2D eigenvalue weighted by Gasteiger charge is -2.15. The molecule has 0 atom stereocenters. The van der Waals surface area contributed by atoms with E-state index in [4.69, 9.17) is 5.26 Å². The van der Waals surface area contributed by atoms with Crippen LogP contribution < -0.4 is 10.2 Å². The molecule has 20 heavy (non-hydrogen) atoms. The van der Waals surface area contributed by atoms with Gasteiger partial charge >= 0.3 is 0 Å². The topological polar surface area (TPSA) is 39.1 Å². The first-order valence-electron chi connectivity index (χ1n) is 5.95. The Morgan fingerprint density at radius 2 is 2.00 bits per heavy atom. The fraction of sp³-hybridized carbons (Fsp3) is 0.133. The number of halogens is 2. The predicted octanol–water partition coefficient (Wildman–Crippen LogP) is 4.27. The molecule has 5 heteroatoms. The highest BCUT2D eigenvalue weighted by atomic mass is 79.9. The molecule has 0 fully saturated rings. The average molecular weight is 334 g/mol. The van der Waals surface area contributed by atoms with Gasteiger partial charge in [-0.1, -0.05) is 6.07 Å². The van der Waals surface area contributed by atoms with Crippen LogP contribution in [0.1, 0.15) is 5.56 Å². The Kier molecular flexibility index (Phi) is 4.26. The summed E-state index contributed by atoms with van der Waals surface area (Å²) in [6.07, 6.45) is 0. The zero-order valence-corrected chi connectivity index (χ0v) is 12.7. The largest absolute Gasteiger partial charge is 0.378 e. The summed E-state index contributed by atoms with van der Waals surface area (Å²) in [6.45, 7) is 0. The zero-order valence-electron chi connectivity index (χ0n) is 11.1. The van der Waals surface area contributed by atoms with Gasteiger partial charge in [0.15, 0.2) is 5.82 Å². The van der Waals surface area contributed by atoms with Gasteiger partial charge in [0, 0.05) is 25.5 Å². The third-order valence-corrected chi connectivity index (χ3v) is 3.62. The number of rotatable bonds is 3. The molecule has 0 aromatic heterocycles. The molecule has 0 aliphatic heterocycles. The standard InChI is InChI=1S/C15H13BrFN3/c1-20(2)12-5-3-4-11(8-12)19-13-7-6-10(9-18)14(16)15(13)17/h3-8,19H,1-2H3. The van der Waals surface area contributed by atoms with Gasteiger partial charge in [-0.05, 0) is 46.3 Å². The zero-order chi connectivity index (χ0) is 14.7. The van der Waals surface area contributed by atoms with Crippen molar-refractivity contribution in [1.82, 2.24) is 0 Å². The van der Waals surface area contributed by atoms with Gasteiger partial charge in [0.25, 0.3) is 0 Å². The number of anilines is 3. The van der Waals surface area contributed by atoms with Crippen molar-refractivity contribution in [2.75, 3.05) is 24.3 Å². The molecule has 102 valence electrons. The highest BCUT2D eigenvalue weighted by molar-refractivity contribution is 9.10. The van der Waals surface area contributed by atoms with Crippen LogP contribution in [0.2, 0.25) is 0 Å². The predicted molar refractivity (Wildman–Crippen MR) is 82.9 cm³/mol. The maximum absolute atomic E-state index is 14.1. The van der Waals surface area contributed by atoms with Crippen LogP contribution in [0.4, 0.5) is 21.5 Å². The second kappa shape index (κ2) is 5.93. The first-order chi connectivity index (χ1) is 9.52. The molecule has 1 N–H and O–H groups in total. The van der Waals surface area contributed by atoms with Crippen LogP contribution in [-0.4, -0.2) is 14.1 Å². The van der Waals surface area contributed by atoms with E-state index in [1.54, 1.807) is 12.1 Å². The van der Waals surface area contributed by atoms with E-state index in [2.05, 4.69) is 21.2 Å². The van der Waals surface area contributed by atoms with E-state index in [-0.39, 0.29) is 10.0 Å². The van der Waals surface area contributed by atoms with Gasteiger partial charge in [-0.2, -0.15) is 5.26 Å². The molecule has 0 saturated heterocycles. The summed E-state index contributed by atoms with van der Waals surface area (Å²) in [4.78, 5) is 1.97. The highest BCUT2D eigenvalue weighted by Crippen LogP contribution is 2.29. The second-order valence-corrected chi connectivity index (χ2v) is 5.26. The first kappa shape index (κ1) is 14.4. The Morgan fingerprint density at radius 3 is 2.65 bits per heavy atom. The third kappa shape index (κ3) is 2.91. The number of hydrogen-bond acceptors (Lipinski definition) is 3. The monoisotopic (exact) mass is 333 g/mol. The summed E-state index contributed by atoms with van der Waals surface area (Å²) in [5.41, 5.74) is 2.40. The van der Waals surface area contributed by atoms with E-state index < -0.39 is 5.82 Å². The summed E-state index contributed by atoms with van der Waals surface area (Å²) in [5.74, 6) is -0.473. The van der Waals surface area contributed by atoms with Crippen LogP contribution in [0.5, 0.6) is 0 Å². The highest BCUT2D eigenvalue weighted by Gasteiger charge is 2.11. The van der Waals surface area contributed by atoms with Crippen LogP contribution in [-0.2, 0) is 0 Å². The SMILES string of the molecule is CN(C)c1cccc(Nc2ccc(C#N)c(Br)c2F)c1. The minimum atomic E-state index is -0.473. The van der Waals surface area contributed by atoms with Crippen LogP contribution in [0.15, 0.2) is 40.9 Å². The summed E-state index contributed by atoms with van der Waals surface area (Å²) >= 11 is 3.10. The Bertz CT molecular complexity index is 677. The quantitative estimate of drug-likeness (QED) is 0.911. The van der Waals surface area contributed by atoms with Crippen molar-refractivity contribution in [1.29, 1.82) is 5.26 Å². The van der Waals surface area contributed by atoms with Crippen LogP contribution >= 0.6 is 15.9 Å². The fourth-order valence-corrected chi connectivity index (χ4v) is 2.18. The molecule has 0 radical (unpaired) electrons. The molecule has 0 bridgehead atoms. The summed E-state index contributed by atoms with van der Waals surface area (Å²) in [6, 6.07) is 12.7. The van der Waals surface area contributed by atoms with Crippen LogP contribution in [0.25, 0.3) is 0 Å². The lowest BCUT2D eigenvalue weighted by molar-refractivity contribution is 0.624. The average Bonchev–Trinajstić information content (AvgIpc) is 2.44.